The van der Waals surface area contributed by atoms with E-state index in [0.717, 1.165) is 27.4 Å². The first kappa shape index (κ1) is 24.3. The third kappa shape index (κ3) is 5.71. The summed E-state index contributed by atoms with van der Waals surface area (Å²) in [5, 5.41) is 2.65. The molecule has 8 nitrogen and oxygen atoms in total. The highest BCUT2D eigenvalue weighted by molar-refractivity contribution is 7.92. The first-order valence-corrected chi connectivity index (χ1v) is 11.5. The van der Waals surface area contributed by atoms with E-state index in [2.05, 4.69) is 5.32 Å². The van der Waals surface area contributed by atoms with Gasteiger partial charge in [0.25, 0.3) is 15.9 Å². The molecule has 0 bridgehead atoms. The smallest absolute Gasteiger partial charge is 0.264 e. The topological polar surface area (TPSA) is 99.9 Å². The summed E-state index contributed by atoms with van der Waals surface area (Å²) in [6, 6.07) is 12.0. The second-order valence-electron chi connectivity index (χ2n) is 7.11. The Balaban J connectivity index is 1.76. The van der Waals surface area contributed by atoms with Gasteiger partial charge < -0.3 is 14.6 Å². The van der Waals surface area contributed by atoms with Crippen LogP contribution >= 0.6 is 11.6 Å². The molecule has 0 fully saturated rings. The minimum atomic E-state index is -4.07. The summed E-state index contributed by atoms with van der Waals surface area (Å²) in [5.74, 6) is -1.00. The van der Waals surface area contributed by atoms with Crippen molar-refractivity contribution in [2.75, 3.05) is 24.9 Å². The number of nitrogens with zero attached hydrogens (tertiary/aromatic N) is 2. The lowest BCUT2D eigenvalue weighted by Crippen LogP contribution is -2.38. The molecule has 0 unspecified atom stereocenters. The van der Waals surface area contributed by atoms with Gasteiger partial charge >= 0.3 is 0 Å². The molecule has 0 radical (unpaired) electrons. The molecule has 0 aliphatic heterocycles. The van der Waals surface area contributed by atoms with Crippen molar-refractivity contribution in [1.82, 2.24) is 10.2 Å². The van der Waals surface area contributed by atoms with Crippen molar-refractivity contribution in [1.29, 1.82) is 0 Å². The van der Waals surface area contributed by atoms with Crippen LogP contribution in [0.5, 0.6) is 0 Å². The average molecular weight is 494 g/mol. The summed E-state index contributed by atoms with van der Waals surface area (Å²) in [6.07, 6.45) is 1.48. The lowest BCUT2D eigenvalue weighted by molar-refractivity contribution is -0.121. The lowest BCUT2D eigenvalue weighted by atomic mass is 10.2. The molecule has 0 atom stereocenters. The number of benzene rings is 2. The zero-order valence-electron chi connectivity index (χ0n) is 17.8. The number of halogens is 2. The fourth-order valence-electron chi connectivity index (χ4n) is 2.92. The van der Waals surface area contributed by atoms with Gasteiger partial charge in [-0.15, -0.1) is 0 Å². The summed E-state index contributed by atoms with van der Waals surface area (Å²) in [7, 11) is -1.35. The van der Waals surface area contributed by atoms with Crippen molar-refractivity contribution in [2.45, 2.75) is 11.4 Å². The van der Waals surface area contributed by atoms with E-state index in [1.165, 1.54) is 44.6 Å². The fourth-order valence-corrected chi connectivity index (χ4v) is 4.34. The third-order valence-electron chi connectivity index (χ3n) is 4.78. The highest BCUT2D eigenvalue weighted by atomic mass is 35.5. The standard InChI is InChI=1S/C22H21ClFN3O5S/c1-26(14-21(28)25-13-17-4-3-11-32-17)22(29)19-12-18(9-10-20(19)23)33(30,31)27(2)16-7-5-15(24)6-8-16/h3-12H,13-14H2,1-2H3,(H,25,28). The average Bonchev–Trinajstić information content (AvgIpc) is 3.31. The number of furan rings is 1. The number of amides is 2. The SMILES string of the molecule is CN(CC(=O)NCc1ccco1)C(=O)c1cc(S(=O)(=O)N(C)c2ccc(F)cc2)ccc1Cl. The van der Waals surface area contributed by atoms with Gasteiger partial charge in [-0.3, -0.25) is 13.9 Å². The molecule has 33 heavy (non-hydrogen) atoms. The third-order valence-corrected chi connectivity index (χ3v) is 6.90. The molecule has 11 heteroatoms. The molecule has 2 amide bonds. The van der Waals surface area contributed by atoms with E-state index in [-0.39, 0.29) is 34.3 Å². The van der Waals surface area contributed by atoms with E-state index in [1.54, 1.807) is 12.1 Å². The zero-order valence-corrected chi connectivity index (χ0v) is 19.4. The number of carbonyl (C=O) groups excluding carboxylic acids is 2. The molecule has 0 aliphatic carbocycles. The summed E-state index contributed by atoms with van der Waals surface area (Å²) >= 11 is 6.15. The van der Waals surface area contributed by atoms with Crippen molar-refractivity contribution >= 4 is 39.1 Å². The maximum absolute atomic E-state index is 13.2. The highest BCUT2D eigenvalue weighted by Crippen LogP contribution is 2.26. The van der Waals surface area contributed by atoms with Crippen LogP contribution in [0.15, 0.2) is 70.2 Å². The van der Waals surface area contributed by atoms with E-state index < -0.39 is 27.7 Å². The van der Waals surface area contributed by atoms with E-state index in [4.69, 9.17) is 16.0 Å². The van der Waals surface area contributed by atoms with Crippen LogP contribution in [0, 0.1) is 5.82 Å². The Kier molecular flexibility index (Phi) is 7.39. The number of likely N-dealkylation sites (N-methyl/N-ethyl adjacent to an activating group) is 1. The first-order chi connectivity index (χ1) is 15.6. The molecular formula is C22H21ClFN3O5S. The minimum absolute atomic E-state index is 0.0335. The van der Waals surface area contributed by atoms with E-state index >= 15 is 0 Å². The molecule has 1 aromatic heterocycles. The van der Waals surface area contributed by atoms with Crippen LogP contribution in [-0.4, -0.2) is 45.8 Å². The van der Waals surface area contributed by atoms with Crippen molar-refractivity contribution in [3.05, 3.63) is 83.0 Å². The van der Waals surface area contributed by atoms with Crippen LogP contribution in [0.2, 0.25) is 5.02 Å². The van der Waals surface area contributed by atoms with Crippen LogP contribution in [0.3, 0.4) is 0 Å². The maximum atomic E-state index is 13.2. The summed E-state index contributed by atoms with van der Waals surface area (Å²) in [4.78, 5) is 26.0. The Labute approximate surface area is 195 Å². The van der Waals surface area contributed by atoms with E-state index in [0.29, 0.717) is 5.76 Å². The Morgan fingerprint density at radius 2 is 1.79 bits per heavy atom. The first-order valence-electron chi connectivity index (χ1n) is 9.68. The fraction of sp³-hybridized carbons (Fsp3) is 0.182. The largest absolute Gasteiger partial charge is 0.467 e. The molecule has 1 N–H and O–H groups in total. The van der Waals surface area contributed by atoms with Gasteiger partial charge in [-0.25, -0.2) is 12.8 Å². The summed E-state index contributed by atoms with van der Waals surface area (Å²) < 4.78 is 45.4. The number of sulfonamides is 1. The molecular weight excluding hydrogens is 473 g/mol. The second kappa shape index (κ2) is 10.1. The molecule has 0 aliphatic rings. The maximum Gasteiger partial charge on any atom is 0.264 e. The number of hydrogen-bond donors (Lipinski definition) is 1. The number of anilines is 1. The van der Waals surface area contributed by atoms with Gasteiger partial charge in [0.05, 0.1) is 40.5 Å². The highest BCUT2D eigenvalue weighted by Gasteiger charge is 2.25. The molecule has 0 saturated carbocycles. The van der Waals surface area contributed by atoms with Crippen molar-refractivity contribution < 1.29 is 26.8 Å². The van der Waals surface area contributed by atoms with Crippen molar-refractivity contribution in [3.8, 4) is 0 Å². The molecule has 0 saturated heterocycles. The van der Waals surface area contributed by atoms with Crippen molar-refractivity contribution in [2.24, 2.45) is 0 Å². The number of rotatable bonds is 8. The Bertz CT molecular complexity index is 1250. The number of hydrogen-bond acceptors (Lipinski definition) is 5. The van der Waals surface area contributed by atoms with Crippen LogP contribution < -0.4 is 9.62 Å². The van der Waals surface area contributed by atoms with Gasteiger partial charge in [-0.1, -0.05) is 11.6 Å². The monoisotopic (exact) mass is 493 g/mol. The van der Waals surface area contributed by atoms with Crippen LogP contribution in [0.25, 0.3) is 0 Å². The Morgan fingerprint density at radius 1 is 1.09 bits per heavy atom. The van der Waals surface area contributed by atoms with Gasteiger partial charge in [0, 0.05) is 14.1 Å². The minimum Gasteiger partial charge on any atom is -0.467 e. The predicted molar refractivity (Wildman–Crippen MR) is 121 cm³/mol. The summed E-state index contributed by atoms with van der Waals surface area (Å²) in [6.45, 7) is -0.111. The van der Waals surface area contributed by atoms with Crippen molar-refractivity contribution in [3.63, 3.8) is 0 Å². The Hall–Kier alpha value is -3.37. The molecule has 3 aromatic rings. The van der Waals surface area contributed by atoms with Gasteiger partial charge in [0.15, 0.2) is 0 Å². The van der Waals surface area contributed by atoms with E-state index in [1.807, 2.05) is 0 Å². The van der Waals surface area contributed by atoms with Crippen LogP contribution in [0.1, 0.15) is 16.1 Å². The van der Waals surface area contributed by atoms with Gasteiger partial charge in [-0.05, 0) is 54.6 Å². The summed E-state index contributed by atoms with van der Waals surface area (Å²) in [5.41, 5.74) is 0.163. The van der Waals surface area contributed by atoms with Crippen LogP contribution in [-0.2, 0) is 21.4 Å². The zero-order chi connectivity index (χ0) is 24.2. The molecule has 174 valence electrons. The molecule has 2 aromatic carbocycles. The normalized spacial score (nSPS) is 11.2. The lowest BCUT2D eigenvalue weighted by Gasteiger charge is -2.21. The van der Waals surface area contributed by atoms with Gasteiger partial charge in [0.1, 0.15) is 11.6 Å². The van der Waals surface area contributed by atoms with Gasteiger partial charge in [-0.2, -0.15) is 0 Å². The van der Waals surface area contributed by atoms with Gasteiger partial charge in [0.2, 0.25) is 5.91 Å². The van der Waals surface area contributed by atoms with E-state index in [9.17, 15) is 22.4 Å². The van der Waals surface area contributed by atoms with Crippen LogP contribution in [0.4, 0.5) is 10.1 Å². The molecule has 0 spiro atoms. The quantitative estimate of drug-likeness (QED) is 0.519. The predicted octanol–water partition coefficient (Wildman–Crippen LogP) is 3.29. The molecule has 3 rings (SSSR count). The second-order valence-corrected chi connectivity index (χ2v) is 9.48. The number of carbonyl (C=O) groups is 2. The number of nitrogens with one attached hydrogen (secondary N) is 1. The Morgan fingerprint density at radius 3 is 2.42 bits per heavy atom. The molecule has 1 heterocycles.